The van der Waals surface area contributed by atoms with E-state index < -0.39 is 0 Å². The topological polar surface area (TPSA) is 76.7 Å². The molecule has 1 aliphatic rings. The first-order valence-corrected chi connectivity index (χ1v) is 6.06. The molecule has 2 aromatic heterocycles. The molecule has 3 N–H and O–H groups in total. The maximum absolute atomic E-state index is 5.70. The van der Waals surface area contributed by atoms with E-state index in [0.717, 1.165) is 24.2 Å². The predicted molar refractivity (Wildman–Crippen MR) is 67.4 cm³/mol. The van der Waals surface area contributed by atoms with E-state index in [1.165, 1.54) is 5.56 Å². The highest BCUT2D eigenvalue weighted by molar-refractivity contribution is 5.31. The molecule has 2 atom stereocenters. The minimum atomic E-state index is -0.0325. The van der Waals surface area contributed by atoms with Crippen LogP contribution >= 0.6 is 0 Å². The molecule has 0 fully saturated rings. The first-order chi connectivity index (χ1) is 8.90. The van der Waals surface area contributed by atoms with Gasteiger partial charge in [0.2, 0.25) is 0 Å². The van der Waals surface area contributed by atoms with Crippen LogP contribution < -0.4 is 11.3 Å². The Morgan fingerprint density at radius 2 is 2.22 bits per heavy atom. The SMILES string of the molecule is NNC(c1cnccn1)C1CCc2cccnc21. The molecule has 0 aliphatic heterocycles. The number of nitrogens with one attached hydrogen (secondary N) is 1. The van der Waals surface area contributed by atoms with Gasteiger partial charge in [-0.05, 0) is 24.5 Å². The number of hydrazine groups is 1. The van der Waals surface area contributed by atoms with Crippen molar-refractivity contribution in [3.63, 3.8) is 0 Å². The maximum Gasteiger partial charge on any atom is 0.0776 e. The molecule has 3 rings (SSSR count). The van der Waals surface area contributed by atoms with Gasteiger partial charge >= 0.3 is 0 Å². The number of hydrogen-bond acceptors (Lipinski definition) is 5. The Bertz CT molecular complexity index is 528. The average molecular weight is 241 g/mol. The van der Waals surface area contributed by atoms with E-state index >= 15 is 0 Å². The van der Waals surface area contributed by atoms with E-state index in [4.69, 9.17) is 5.84 Å². The minimum Gasteiger partial charge on any atom is -0.271 e. The van der Waals surface area contributed by atoms with Crippen molar-refractivity contribution in [3.8, 4) is 0 Å². The first kappa shape index (κ1) is 11.3. The van der Waals surface area contributed by atoms with Crippen molar-refractivity contribution < 1.29 is 0 Å². The lowest BCUT2D eigenvalue weighted by atomic mass is 9.95. The number of rotatable bonds is 3. The lowest BCUT2D eigenvalue weighted by Gasteiger charge is -2.21. The summed E-state index contributed by atoms with van der Waals surface area (Å²) in [6.45, 7) is 0. The van der Waals surface area contributed by atoms with Crippen LogP contribution in [0.1, 0.15) is 35.3 Å². The monoisotopic (exact) mass is 241 g/mol. The number of nitrogens with two attached hydrogens (primary N) is 1. The molecule has 0 aromatic carbocycles. The van der Waals surface area contributed by atoms with Crippen LogP contribution in [0.25, 0.3) is 0 Å². The van der Waals surface area contributed by atoms with Gasteiger partial charge in [0.05, 0.1) is 17.9 Å². The van der Waals surface area contributed by atoms with E-state index in [2.05, 4.69) is 26.4 Å². The van der Waals surface area contributed by atoms with E-state index in [-0.39, 0.29) is 12.0 Å². The fraction of sp³-hybridized carbons (Fsp3) is 0.308. The summed E-state index contributed by atoms with van der Waals surface area (Å²) in [5.41, 5.74) is 6.17. The molecular formula is C13H15N5. The number of aromatic nitrogens is 3. The van der Waals surface area contributed by atoms with Crippen LogP contribution in [-0.2, 0) is 6.42 Å². The maximum atomic E-state index is 5.70. The normalized spacial score (nSPS) is 19.5. The molecule has 5 heteroatoms. The Morgan fingerprint density at radius 3 is 3.00 bits per heavy atom. The highest BCUT2D eigenvalue weighted by Gasteiger charge is 2.32. The zero-order valence-corrected chi connectivity index (χ0v) is 9.95. The van der Waals surface area contributed by atoms with Crippen molar-refractivity contribution in [3.05, 3.63) is 53.9 Å². The predicted octanol–water partition coefficient (Wildman–Crippen LogP) is 1.11. The summed E-state index contributed by atoms with van der Waals surface area (Å²) < 4.78 is 0. The first-order valence-electron chi connectivity index (χ1n) is 6.06. The quantitative estimate of drug-likeness (QED) is 0.621. The van der Waals surface area contributed by atoms with Crippen molar-refractivity contribution >= 4 is 0 Å². The number of fused-ring (bicyclic) bond motifs is 1. The molecule has 0 saturated heterocycles. The number of hydrogen-bond donors (Lipinski definition) is 2. The molecule has 0 bridgehead atoms. The van der Waals surface area contributed by atoms with Crippen LogP contribution in [0.5, 0.6) is 0 Å². The summed E-state index contributed by atoms with van der Waals surface area (Å²) >= 11 is 0. The molecule has 2 unspecified atom stereocenters. The van der Waals surface area contributed by atoms with Crippen molar-refractivity contribution in [2.75, 3.05) is 0 Å². The van der Waals surface area contributed by atoms with E-state index in [0.29, 0.717) is 0 Å². The average Bonchev–Trinajstić information content (AvgIpc) is 2.85. The molecule has 18 heavy (non-hydrogen) atoms. The van der Waals surface area contributed by atoms with Gasteiger partial charge in [-0.3, -0.25) is 26.2 Å². The largest absolute Gasteiger partial charge is 0.271 e. The molecule has 2 heterocycles. The van der Waals surface area contributed by atoms with Crippen molar-refractivity contribution in [2.24, 2.45) is 5.84 Å². The number of pyridine rings is 1. The second kappa shape index (κ2) is 4.80. The van der Waals surface area contributed by atoms with Gasteiger partial charge in [-0.15, -0.1) is 0 Å². The van der Waals surface area contributed by atoms with Gasteiger partial charge in [0.25, 0.3) is 0 Å². The summed E-state index contributed by atoms with van der Waals surface area (Å²) in [5, 5.41) is 0. The van der Waals surface area contributed by atoms with E-state index in [9.17, 15) is 0 Å². The third-order valence-electron chi connectivity index (χ3n) is 3.49. The molecule has 1 aliphatic carbocycles. The Kier molecular flexibility index (Phi) is 3.00. The zero-order valence-electron chi connectivity index (χ0n) is 9.95. The van der Waals surface area contributed by atoms with Crippen LogP contribution in [0.3, 0.4) is 0 Å². The third kappa shape index (κ3) is 1.87. The van der Waals surface area contributed by atoms with Crippen LogP contribution in [0.4, 0.5) is 0 Å². The van der Waals surface area contributed by atoms with Gasteiger partial charge in [0.1, 0.15) is 0 Å². The Hall–Kier alpha value is -1.85. The van der Waals surface area contributed by atoms with Crippen LogP contribution in [0, 0.1) is 0 Å². The third-order valence-corrected chi connectivity index (χ3v) is 3.49. The molecule has 0 amide bonds. The van der Waals surface area contributed by atoms with E-state index in [1.54, 1.807) is 18.6 Å². The highest BCUT2D eigenvalue weighted by atomic mass is 15.2. The smallest absolute Gasteiger partial charge is 0.0776 e. The summed E-state index contributed by atoms with van der Waals surface area (Å²) in [6.07, 6.45) is 9.03. The van der Waals surface area contributed by atoms with Gasteiger partial charge in [-0.1, -0.05) is 6.07 Å². The van der Waals surface area contributed by atoms with Crippen LogP contribution in [0.15, 0.2) is 36.9 Å². The minimum absolute atomic E-state index is 0.0325. The molecule has 0 spiro atoms. The van der Waals surface area contributed by atoms with Crippen molar-refractivity contribution in [1.82, 2.24) is 20.4 Å². The summed E-state index contributed by atoms with van der Waals surface area (Å²) in [5.74, 6) is 5.96. The zero-order chi connectivity index (χ0) is 12.4. The lowest BCUT2D eigenvalue weighted by Crippen LogP contribution is -2.33. The van der Waals surface area contributed by atoms with Crippen molar-refractivity contribution in [1.29, 1.82) is 0 Å². The van der Waals surface area contributed by atoms with Crippen LogP contribution in [0.2, 0.25) is 0 Å². The number of aryl methyl sites for hydroxylation is 1. The summed E-state index contributed by atoms with van der Waals surface area (Å²) in [7, 11) is 0. The van der Waals surface area contributed by atoms with Crippen molar-refractivity contribution in [2.45, 2.75) is 24.8 Å². The second-order valence-corrected chi connectivity index (χ2v) is 4.47. The van der Waals surface area contributed by atoms with Gasteiger partial charge in [0, 0.05) is 30.2 Å². The molecular weight excluding hydrogens is 226 g/mol. The van der Waals surface area contributed by atoms with Gasteiger partial charge in [-0.25, -0.2) is 0 Å². The molecule has 0 radical (unpaired) electrons. The fourth-order valence-electron chi connectivity index (χ4n) is 2.65. The second-order valence-electron chi connectivity index (χ2n) is 4.47. The lowest BCUT2D eigenvalue weighted by molar-refractivity contribution is 0.436. The van der Waals surface area contributed by atoms with Crippen LogP contribution in [-0.4, -0.2) is 15.0 Å². The Morgan fingerprint density at radius 1 is 1.28 bits per heavy atom. The number of nitrogens with zero attached hydrogens (tertiary/aromatic N) is 3. The fourth-order valence-corrected chi connectivity index (χ4v) is 2.65. The summed E-state index contributed by atoms with van der Waals surface area (Å²) in [4.78, 5) is 12.9. The highest BCUT2D eigenvalue weighted by Crippen LogP contribution is 2.39. The standard InChI is InChI=1S/C13H15N5/c14-18-13(11-8-15-6-7-16-11)10-4-3-9-2-1-5-17-12(9)10/h1-2,5-8,10,13,18H,3-4,14H2. The van der Waals surface area contributed by atoms with Gasteiger partial charge < -0.3 is 0 Å². The Labute approximate surface area is 105 Å². The molecule has 2 aromatic rings. The van der Waals surface area contributed by atoms with E-state index in [1.807, 2.05) is 12.3 Å². The molecule has 0 saturated carbocycles. The Balaban J connectivity index is 1.95. The van der Waals surface area contributed by atoms with Gasteiger partial charge in [-0.2, -0.15) is 0 Å². The van der Waals surface area contributed by atoms with Gasteiger partial charge in [0.15, 0.2) is 0 Å². The molecule has 5 nitrogen and oxygen atoms in total. The summed E-state index contributed by atoms with van der Waals surface area (Å²) in [6, 6.07) is 4.08. The molecule has 92 valence electrons.